The van der Waals surface area contributed by atoms with Crippen molar-refractivity contribution in [2.45, 2.75) is 32.5 Å². The molecule has 8 heteroatoms. The lowest BCUT2D eigenvalue weighted by Crippen LogP contribution is -2.48. The van der Waals surface area contributed by atoms with Crippen LogP contribution in [0, 0.1) is 0 Å². The first-order chi connectivity index (χ1) is 10.1. The van der Waals surface area contributed by atoms with Gasteiger partial charge in [-0.3, -0.25) is 4.99 Å². The fourth-order valence-corrected chi connectivity index (χ4v) is 1.49. The Hall–Kier alpha value is -1.99. The second-order valence-corrected chi connectivity index (χ2v) is 5.61. The van der Waals surface area contributed by atoms with Gasteiger partial charge in [0.2, 0.25) is 5.88 Å². The Labute approximate surface area is 128 Å². The SMILES string of the molecule is CN=C(NCCOc1ccc(C(F)(F)F)cn1)NC(C)(C)C. The van der Waals surface area contributed by atoms with E-state index in [2.05, 4.69) is 20.6 Å². The number of hydrogen-bond acceptors (Lipinski definition) is 3. The maximum Gasteiger partial charge on any atom is 0.417 e. The Morgan fingerprint density at radius 3 is 2.41 bits per heavy atom. The van der Waals surface area contributed by atoms with Gasteiger partial charge in [-0.2, -0.15) is 13.2 Å². The predicted octanol–water partition coefficient (Wildman–Crippen LogP) is 2.44. The molecule has 22 heavy (non-hydrogen) atoms. The molecule has 0 spiro atoms. The minimum atomic E-state index is -4.39. The lowest BCUT2D eigenvalue weighted by atomic mass is 10.1. The molecule has 0 amide bonds. The molecule has 5 nitrogen and oxygen atoms in total. The fraction of sp³-hybridized carbons (Fsp3) is 0.571. The zero-order chi connectivity index (χ0) is 16.8. The number of nitrogens with one attached hydrogen (secondary N) is 2. The third-order valence-electron chi connectivity index (χ3n) is 2.43. The van der Waals surface area contributed by atoms with Gasteiger partial charge < -0.3 is 15.4 Å². The number of aliphatic imine (C=N–C) groups is 1. The summed E-state index contributed by atoms with van der Waals surface area (Å²) in [4.78, 5) is 7.68. The number of halogens is 3. The van der Waals surface area contributed by atoms with Crippen LogP contribution >= 0.6 is 0 Å². The molecule has 0 saturated carbocycles. The summed E-state index contributed by atoms with van der Waals surface area (Å²) in [5.41, 5.74) is -0.926. The summed E-state index contributed by atoms with van der Waals surface area (Å²) in [5.74, 6) is 0.769. The molecule has 0 fully saturated rings. The summed E-state index contributed by atoms with van der Waals surface area (Å²) in [6.45, 7) is 6.70. The highest BCUT2D eigenvalue weighted by Gasteiger charge is 2.30. The van der Waals surface area contributed by atoms with E-state index >= 15 is 0 Å². The van der Waals surface area contributed by atoms with E-state index in [0.717, 1.165) is 12.3 Å². The van der Waals surface area contributed by atoms with Gasteiger partial charge in [-0.1, -0.05) is 0 Å². The molecular weight excluding hydrogens is 297 g/mol. The second kappa shape index (κ2) is 7.33. The highest BCUT2D eigenvalue weighted by atomic mass is 19.4. The lowest BCUT2D eigenvalue weighted by molar-refractivity contribution is -0.137. The molecule has 0 aliphatic rings. The molecule has 0 saturated heterocycles. The second-order valence-electron chi connectivity index (χ2n) is 5.61. The van der Waals surface area contributed by atoms with E-state index in [0.29, 0.717) is 12.5 Å². The zero-order valence-corrected chi connectivity index (χ0v) is 13.1. The monoisotopic (exact) mass is 318 g/mol. The largest absolute Gasteiger partial charge is 0.476 e. The van der Waals surface area contributed by atoms with E-state index in [1.165, 1.54) is 6.07 Å². The van der Waals surface area contributed by atoms with E-state index in [9.17, 15) is 13.2 Å². The van der Waals surface area contributed by atoms with Crippen molar-refractivity contribution in [3.8, 4) is 5.88 Å². The van der Waals surface area contributed by atoms with Crippen molar-refractivity contribution in [1.29, 1.82) is 0 Å². The van der Waals surface area contributed by atoms with Crippen LogP contribution < -0.4 is 15.4 Å². The summed E-state index contributed by atoms with van der Waals surface area (Å²) in [6.07, 6.45) is -3.64. The molecule has 124 valence electrons. The van der Waals surface area contributed by atoms with Crippen LogP contribution in [0.15, 0.2) is 23.3 Å². The molecule has 0 atom stereocenters. The van der Waals surface area contributed by atoms with Crippen LogP contribution in [0.4, 0.5) is 13.2 Å². The van der Waals surface area contributed by atoms with Crippen LogP contribution in [0.25, 0.3) is 0 Å². The Kier molecular flexibility index (Phi) is 6.01. The van der Waals surface area contributed by atoms with Gasteiger partial charge in [0.05, 0.1) is 12.1 Å². The molecule has 0 aliphatic carbocycles. The summed E-state index contributed by atoms with van der Waals surface area (Å²) in [7, 11) is 1.65. The van der Waals surface area contributed by atoms with Crippen LogP contribution in [0.2, 0.25) is 0 Å². The van der Waals surface area contributed by atoms with Crippen LogP contribution in [-0.4, -0.2) is 36.7 Å². The molecule has 1 aromatic rings. The summed E-state index contributed by atoms with van der Waals surface area (Å²) in [5, 5.41) is 6.21. The van der Waals surface area contributed by atoms with Crippen LogP contribution in [0.3, 0.4) is 0 Å². The van der Waals surface area contributed by atoms with Gasteiger partial charge in [-0.15, -0.1) is 0 Å². The van der Waals surface area contributed by atoms with E-state index in [4.69, 9.17) is 4.74 Å². The quantitative estimate of drug-likeness (QED) is 0.509. The molecule has 0 bridgehead atoms. The third kappa shape index (κ3) is 6.64. The Balaban J connectivity index is 2.38. The maximum atomic E-state index is 12.4. The molecule has 0 radical (unpaired) electrons. The van der Waals surface area contributed by atoms with Crippen LogP contribution in [-0.2, 0) is 6.18 Å². The normalized spacial score (nSPS) is 13.0. The topological polar surface area (TPSA) is 58.5 Å². The Morgan fingerprint density at radius 2 is 1.95 bits per heavy atom. The molecule has 0 aliphatic heterocycles. The summed E-state index contributed by atoms with van der Waals surface area (Å²) < 4.78 is 42.4. The third-order valence-corrected chi connectivity index (χ3v) is 2.43. The number of guanidine groups is 1. The van der Waals surface area contributed by atoms with Gasteiger partial charge in [0.15, 0.2) is 5.96 Å². The number of ether oxygens (including phenoxy) is 1. The first-order valence-electron chi connectivity index (χ1n) is 6.77. The van der Waals surface area contributed by atoms with Crippen molar-refractivity contribution in [1.82, 2.24) is 15.6 Å². The number of hydrogen-bond donors (Lipinski definition) is 2. The van der Waals surface area contributed by atoms with Gasteiger partial charge in [0.1, 0.15) is 6.61 Å². The van der Waals surface area contributed by atoms with Crippen molar-refractivity contribution in [3.63, 3.8) is 0 Å². The van der Waals surface area contributed by atoms with Gasteiger partial charge in [-0.05, 0) is 26.8 Å². The molecule has 1 aromatic heterocycles. The van der Waals surface area contributed by atoms with E-state index < -0.39 is 11.7 Å². The standard InChI is InChI=1S/C14H21F3N4O/c1-13(2,3)21-12(18-4)19-7-8-22-11-6-5-10(9-20-11)14(15,16)17/h5-6,9H,7-8H2,1-4H3,(H2,18,19,21). The minimum absolute atomic E-state index is 0.127. The number of pyridine rings is 1. The Morgan fingerprint density at radius 1 is 1.27 bits per heavy atom. The van der Waals surface area contributed by atoms with Crippen molar-refractivity contribution in [2.24, 2.45) is 4.99 Å². The minimum Gasteiger partial charge on any atom is -0.476 e. The lowest BCUT2D eigenvalue weighted by Gasteiger charge is -2.23. The maximum absolute atomic E-state index is 12.4. The highest BCUT2D eigenvalue weighted by Crippen LogP contribution is 2.29. The van der Waals surface area contributed by atoms with Crippen molar-refractivity contribution >= 4 is 5.96 Å². The smallest absolute Gasteiger partial charge is 0.417 e. The zero-order valence-electron chi connectivity index (χ0n) is 13.1. The fourth-order valence-electron chi connectivity index (χ4n) is 1.49. The van der Waals surface area contributed by atoms with E-state index in [1.807, 2.05) is 20.8 Å². The predicted molar refractivity (Wildman–Crippen MR) is 79.0 cm³/mol. The number of aromatic nitrogens is 1. The van der Waals surface area contributed by atoms with E-state index in [1.54, 1.807) is 7.05 Å². The number of nitrogens with zero attached hydrogens (tertiary/aromatic N) is 2. The molecule has 0 aromatic carbocycles. The first-order valence-corrected chi connectivity index (χ1v) is 6.77. The summed E-state index contributed by atoms with van der Waals surface area (Å²) in [6, 6.07) is 2.14. The molecule has 0 unspecified atom stereocenters. The average molecular weight is 318 g/mol. The molecule has 2 N–H and O–H groups in total. The number of rotatable bonds is 4. The van der Waals surface area contributed by atoms with E-state index in [-0.39, 0.29) is 18.0 Å². The first kappa shape index (κ1) is 18.1. The van der Waals surface area contributed by atoms with Crippen molar-refractivity contribution in [2.75, 3.05) is 20.2 Å². The van der Waals surface area contributed by atoms with Gasteiger partial charge in [0, 0.05) is 24.8 Å². The number of alkyl halides is 3. The van der Waals surface area contributed by atoms with Crippen LogP contribution in [0.1, 0.15) is 26.3 Å². The highest BCUT2D eigenvalue weighted by molar-refractivity contribution is 5.80. The van der Waals surface area contributed by atoms with Gasteiger partial charge >= 0.3 is 6.18 Å². The molecule has 1 rings (SSSR count). The van der Waals surface area contributed by atoms with Crippen molar-refractivity contribution in [3.05, 3.63) is 23.9 Å². The van der Waals surface area contributed by atoms with Gasteiger partial charge in [-0.25, -0.2) is 4.98 Å². The van der Waals surface area contributed by atoms with Crippen molar-refractivity contribution < 1.29 is 17.9 Å². The Bertz CT molecular complexity index is 492. The average Bonchev–Trinajstić information content (AvgIpc) is 2.40. The van der Waals surface area contributed by atoms with Gasteiger partial charge in [0.25, 0.3) is 0 Å². The summed E-state index contributed by atoms with van der Waals surface area (Å²) >= 11 is 0. The molecular formula is C14H21F3N4O. The molecule has 1 heterocycles. The van der Waals surface area contributed by atoms with Crippen LogP contribution in [0.5, 0.6) is 5.88 Å².